The molecule has 7 heteroatoms. The molecule has 7 nitrogen and oxygen atoms in total. The molecule has 1 fully saturated rings. The molecular formula is C30H29N3O4. The first-order valence-corrected chi connectivity index (χ1v) is 12.6. The standard InChI is InChI=1S/C30H29N3O4/c34-26(30(17-9-10-18-30)33-29(36)37-20-21-11-3-1-4-12-21)19-25-28(35)32-24-16-8-7-15-23(24)27(31-25)22-13-5-2-6-14-22/h1-8,11-16,25H,9-10,17-20H2,(H,32,35)(H,33,36). The number of ketones is 1. The van der Waals surface area contributed by atoms with Gasteiger partial charge in [-0.25, -0.2) is 4.79 Å². The number of nitrogens with zero attached hydrogens (tertiary/aromatic N) is 1. The minimum absolute atomic E-state index is 0.116. The molecule has 1 unspecified atom stereocenters. The quantitative estimate of drug-likeness (QED) is 0.480. The molecule has 0 spiro atoms. The van der Waals surface area contributed by atoms with Crippen molar-refractivity contribution in [2.24, 2.45) is 4.99 Å². The fourth-order valence-corrected chi connectivity index (χ4v) is 5.04. The number of hydrogen-bond donors (Lipinski definition) is 2. The second-order valence-corrected chi connectivity index (χ2v) is 9.50. The van der Waals surface area contributed by atoms with Crippen molar-refractivity contribution in [3.8, 4) is 0 Å². The average molecular weight is 496 g/mol. The summed E-state index contributed by atoms with van der Waals surface area (Å²) in [5, 5.41) is 5.79. The van der Waals surface area contributed by atoms with Crippen LogP contribution in [0.4, 0.5) is 10.5 Å². The predicted molar refractivity (Wildman–Crippen MR) is 142 cm³/mol. The maximum Gasteiger partial charge on any atom is 0.408 e. The summed E-state index contributed by atoms with van der Waals surface area (Å²) >= 11 is 0. The van der Waals surface area contributed by atoms with E-state index < -0.39 is 17.7 Å². The van der Waals surface area contributed by atoms with E-state index in [2.05, 4.69) is 10.6 Å². The van der Waals surface area contributed by atoms with Gasteiger partial charge < -0.3 is 15.4 Å². The van der Waals surface area contributed by atoms with Gasteiger partial charge in [0.15, 0.2) is 5.78 Å². The van der Waals surface area contributed by atoms with Crippen LogP contribution >= 0.6 is 0 Å². The Morgan fingerprint density at radius 1 is 0.919 bits per heavy atom. The van der Waals surface area contributed by atoms with E-state index in [0.717, 1.165) is 29.5 Å². The summed E-state index contributed by atoms with van der Waals surface area (Å²) in [4.78, 5) is 44.4. The van der Waals surface area contributed by atoms with E-state index in [9.17, 15) is 14.4 Å². The van der Waals surface area contributed by atoms with Crippen LogP contribution in [0.25, 0.3) is 0 Å². The number of rotatable bonds is 7. The molecule has 1 heterocycles. The van der Waals surface area contributed by atoms with Crippen LogP contribution in [0.1, 0.15) is 48.8 Å². The first-order chi connectivity index (χ1) is 18.0. The third kappa shape index (κ3) is 5.45. The topological polar surface area (TPSA) is 96.9 Å². The SMILES string of the molecule is O=C(NC1(C(=O)CC2N=C(c3ccccc3)c3ccccc3NC2=O)CCCC1)OCc1ccccc1. The number of nitrogens with one attached hydrogen (secondary N) is 2. The number of aliphatic imine (C=N–C) groups is 1. The van der Waals surface area contributed by atoms with Gasteiger partial charge in [0.1, 0.15) is 18.2 Å². The van der Waals surface area contributed by atoms with Crippen molar-refractivity contribution in [2.75, 3.05) is 5.32 Å². The van der Waals surface area contributed by atoms with E-state index in [1.54, 1.807) is 0 Å². The highest BCUT2D eigenvalue weighted by molar-refractivity contribution is 6.20. The molecule has 1 aliphatic carbocycles. The van der Waals surface area contributed by atoms with Gasteiger partial charge in [0.05, 0.1) is 11.4 Å². The molecule has 3 aromatic rings. The lowest BCUT2D eigenvalue weighted by molar-refractivity contribution is -0.128. The van der Waals surface area contributed by atoms with Crippen molar-refractivity contribution in [2.45, 2.75) is 50.3 Å². The Labute approximate surface area is 216 Å². The number of carbonyl (C=O) groups is 3. The lowest BCUT2D eigenvalue weighted by Gasteiger charge is -2.29. The van der Waals surface area contributed by atoms with Crippen LogP contribution in [0.5, 0.6) is 0 Å². The van der Waals surface area contributed by atoms with Crippen molar-refractivity contribution in [1.29, 1.82) is 0 Å². The van der Waals surface area contributed by atoms with Gasteiger partial charge in [-0.05, 0) is 24.5 Å². The predicted octanol–water partition coefficient (Wildman–Crippen LogP) is 5.04. The number of anilines is 1. The molecular weight excluding hydrogens is 466 g/mol. The number of hydrogen-bond acceptors (Lipinski definition) is 5. The zero-order valence-corrected chi connectivity index (χ0v) is 20.5. The highest BCUT2D eigenvalue weighted by atomic mass is 16.5. The molecule has 1 aliphatic heterocycles. The lowest BCUT2D eigenvalue weighted by Crippen LogP contribution is -2.53. The monoisotopic (exact) mass is 495 g/mol. The average Bonchev–Trinajstić information content (AvgIpc) is 3.35. The number of carbonyl (C=O) groups excluding carboxylic acids is 3. The number of benzodiazepines with no additional fused rings is 1. The normalized spacial score (nSPS) is 18.1. The Hall–Kier alpha value is -4.26. The van der Waals surface area contributed by atoms with Crippen LogP contribution < -0.4 is 10.6 Å². The summed E-state index contributed by atoms with van der Waals surface area (Å²) in [6.45, 7) is 0.116. The van der Waals surface area contributed by atoms with Gasteiger partial charge in [-0.2, -0.15) is 0 Å². The molecule has 37 heavy (non-hydrogen) atoms. The Kier molecular flexibility index (Phi) is 7.12. The van der Waals surface area contributed by atoms with Crippen molar-refractivity contribution in [1.82, 2.24) is 5.32 Å². The summed E-state index contributed by atoms with van der Waals surface area (Å²) in [7, 11) is 0. The van der Waals surface area contributed by atoms with E-state index in [4.69, 9.17) is 9.73 Å². The Morgan fingerprint density at radius 2 is 1.57 bits per heavy atom. The van der Waals surface area contributed by atoms with Crippen LogP contribution in [0, 0.1) is 0 Å². The minimum Gasteiger partial charge on any atom is -0.445 e. The van der Waals surface area contributed by atoms with Gasteiger partial charge >= 0.3 is 6.09 Å². The molecule has 188 valence electrons. The molecule has 1 saturated carbocycles. The summed E-state index contributed by atoms with van der Waals surface area (Å²) in [5.41, 5.74) is 2.78. The molecule has 0 saturated heterocycles. The van der Waals surface area contributed by atoms with Gasteiger partial charge in [-0.3, -0.25) is 14.6 Å². The van der Waals surface area contributed by atoms with Gasteiger partial charge in [-0.1, -0.05) is 91.7 Å². The number of benzene rings is 3. The molecule has 2 aliphatic rings. The van der Waals surface area contributed by atoms with Crippen LogP contribution in [-0.2, 0) is 20.9 Å². The highest BCUT2D eigenvalue weighted by Crippen LogP contribution is 2.33. The number of ether oxygens (including phenoxy) is 1. The van der Waals surface area contributed by atoms with E-state index in [-0.39, 0.29) is 24.7 Å². The van der Waals surface area contributed by atoms with E-state index in [0.29, 0.717) is 24.2 Å². The molecule has 0 aromatic heterocycles. The minimum atomic E-state index is -1.06. The maximum absolute atomic E-state index is 13.7. The van der Waals surface area contributed by atoms with E-state index in [1.807, 2.05) is 84.9 Å². The Bertz CT molecular complexity index is 1310. The molecule has 3 aromatic carbocycles. The highest BCUT2D eigenvalue weighted by Gasteiger charge is 2.44. The van der Waals surface area contributed by atoms with Gasteiger partial charge in [0, 0.05) is 17.5 Å². The van der Waals surface area contributed by atoms with Crippen LogP contribution in [0.15, 0.2) is 89.9 Å². The fourth-order valence-electron chi connectivity index (χ4n) is 5.04. The molecule has 2 amide bonds. The number of para-hydroxylation sites is 1. The molecule has 5 rings (SSSR count). The summed E-state index contributed by atoms with van der Waals surface area (Å²) < 4.78 is 5.40. The van der Waals surface area contributed by atoms with Crippen molar-refractivity contribution in [3.63, 3.8) is 0 Å². The van der Waals surface area contributed by atoms with Crippen LogP contribution in [-0.4, -0.2) is 35.1 Å². The second kappa shape index (κ2) is 10.8. The molecule has 0 bridgehead atoms. The van der Waals surface area contributed by atoms with Crippen molar-refractivity contribution < 1.29 is 19.1 Å². The molecule has 2 N–H and O–H groups in total. The third-order valence-electron chi connectivity index (χ3n) is 7.00. The summed E-state index contributed by atoms with van der Waals surface area (Å²) in [6.07, 6.45) is 1.89. The summed E-state index contributed by atoms with van der Waals surface area (Å²) in [6, 6.07) is 25.6. The van der Waals surface area contributed by atoms with Crippen molar-refractivity contribution in [3.05, 3.63) is 102 Å². The van der Waals surface area contributed by atoms with Crippen molar-refractivity contribution >= 4 is 29.2 Å². The van der Waals surface area contributed by atoms with E-state index >= 15 is 0 Å². The smallest absolute Gasteiger partial charge is 0.408 e. The van der Waals surface area contributed by atoms with Crippen LogP contribution in [0.3, 0.4) is 0 Å². The number of Topliss-reactive ketones (excluding diaryl/α,β-unsaturated/α-hetero) is 1. The third-order valence-corrected chi connectivity index (χ3v) is 7.00. The van der Waals surface area contributed by atoms with Gasteiger partial charge in [-0.15, -0.1) is 0 Å². The second-order valence-electron chi connectivity index (χ2n) is 9.50. The fraction of sp³-hybridized carbons (Fsp3) is 0.267. The molecule has 1 atom stereocenters. The lowest BCUT2D eigenvalue weighted by atomic mass is 9.88. The van der Waals surface area contributed by atoms with Gasteiger partial charge in [0.2, 0.25) is 5.91 Å². The Balaban J connectivity index is 1.36. The largest absolute Gasteiger partial charge is 0.445 e. The summed E-state index contributed by atoms with van der Waals surface area (Å²) in [5.74, 6) is -0.546. The zero-order valence-electron chi connectivity index (χ0n) is 20.5. The van der Waals surface area contributed by atoms with Crippen LogP contribution in [0.2, 0.25) is 0 Å². The number of fused-ring (bicyclic) bond motifs is 1. The van der Waals surface area contributed by atoms with E-state index in [1.165, 1.54) is 0 Å². The molecule has 0 radical (unpaired) electrons. The maximum atomic E-state index is 13.7. The Morgan fingerprint density at radius 3 is 2.30 bits per heavy atom. The first kappa shape index (κ1) is 24.4. The first-order valence-electron chi connectivity index (χ1n) is 12.6. The number of alkyl carbamates (subject to hydrolysis) is 1. The number of amides is 2. The van der Waals surface area contributed by atoms with Gasteiger partial charge in [0.25, 0.3) is 0 Å². The zero-order chi connectivity index (χ0) is 25.7.